The molecule has 0 aliphatic carbocycles. The normalized spacial score (nSPS) is 20.2. The summed E-state index contributed by atoms with van der Waals surface area (Å²) in [6.45, 7) is 5.12. The second kappa shape index (κ2) is 6.04. The third-order valence-electron chi connectivity index (χ3n) is 4.50. The summed E-state index contributed by atoms with van der Waals surface area (Å²) in [5.74, 6) is 2.00. The smallest absolute Gasteiger partial charge is 0.127 e. The van der Waals surface area contributed by atoms with Crippen molar-refractivity contribution in [2.75, 3.05) is 19.7 Å². The number of nitrogens with one attached hydrogen (secondary N) is 1. The Hall–Kier alpha value is -1.22. The second-order valence-corrected chi connectivity index (χ2v) is 6.01. The highest BCUT2D eigenvalue weighted by Crippen LogP contribution is 2.39. The number of hydrogen-bond donors (Lipinski definition) is 1. The fraction of sp³-hybridized carbons (Fsp3) is 0.647. The van der Waals surface area contributed by atoms with Crippen molar-refractivity contribution in [2.45, 2.75) is 51.0 Å². The van der Waals surface area contributed by atoms with E-state index in [4.69, 9.17) is 9.47 Å². The van der Waals surface area contributed by atoms with E-state index in [2.05, 4.69) is 30.4 Å². The zero-order chi connectivity index (χ0) is 13.8. The number of benzene rings is 1. The maximum atomic E-state index is 6.39. The highest BCUT2D eigenvalue weighted by Gasteiger charge is 2.37. The molecule has 0 atom stereocenters. The number of unbranched alkanes of at least 4 members (excludes halogenated alkanes) is 1. The maximum absolute atomic E-state index is 6.39. The molecule has 1 aromatic carbocycles. The summed E-state index contributed by atoms with van der Waals surface area (Å²) in [5.41, 5.74) is 1.40. The van der Waals surface area contributed by atoms with Gasteiger partial charge in [-0.05, 0) is 56.8 Å². The molecule has 1 spiro atoms. The molecule has 110 valence electrons. The third kappa shape index (κ3) is 2.93. The lowest BCUT2D eigenvalue weighted by atomic mass is 9.84. The van der Waals surface area contributed by atoms with Crippen LogP contribution in [0.3, 0.4) is 0 Å². The minimum absolute atomic E-state index is 0.0697. The molecule has 1 N–H and O–H groups in total. The van der Waals surface area contributed by atoms with Crippen molar-refractivity contribution in [3.05, 3.63) is 23.8 Å². The summed E-state index contributed by atoms with van der Waals surface area (Å²) in [6, 6.07) is 6.34. The Morgan fingerprint density at radius 1 is 1.25 bits per heavy atom. The number of rotatable bonds is 4. The van der Waals surface area contributed by atoms with E-state index in [1.54, 1.807) is 0 Å². The van der Waals surface area contributed by atoms with Crippen molar-refractivity contribution in [2.24, 2.45) is 0 Å². The first-order valence-corrected chi connectivity index (χ1v) is 7.97. The van der Waals surface area contributed by atoms with Crippen molar-refractivity contribution in [3.8, 4) is 11.5 Å². The summed E-state index contributed by atoms with van der Waals surface area (Å²) in [6.07, 6.45) is 6.79. The summed E-state index contributed by atoms with van der Waals surface area (Å²) in [7, 11) is 0. The van der Waals surface area contributed by atoms with E-state index in [0.717, 1.165) is 69.7 Å². The van der Waals surface area contributed by atoms with Gasteiger partial charge in [-0.25, -0.2) is 0 Å². The fourth-order valence-corrected chi connectivity index (χ4v) is 3.14. The zero-order valence-electron chi connectivity index (χ0n) is 12.4. The van der Waals surface area contributed by atoms with E-state index in [0.29, 0.717) is 0 Å². The van der Waals surface area contributed by atoms with Gasteiger partial charge in [-0.3, -0.25) is 0 Å². The molecule has 0 bridgehead atoms. The van der Waals surface area contributed by atoms with Crippen molar-refractivity contribution in [1.82, 2.24) is 5.32 Å². The molecule has 2 heterocycles. The Bertz CT molecular complexity index is 452. The minimum atomic E-state index is 0.0697. The zero-order valence-corrected chi connectivity index (χ0v) is 12.4. The molecule has 0 amide bonds. The van der Waals surface area contributed by atoms with Crippen LogP contribution in [0, 0.1) is 0 Å². The van der Waals surface area contributed by atoms with Gasteiger partial charge >= 0.3 is 0 Å². The largest absolute Gasteiger partial charge is 0.493 e. The van der Waals surface area contributed by atoms with Gasteiger partial charge in [0, 0.05) is 6.07 Å². The van der Waals surface area contributed by atoms with Crippen LogP contribution in [0.1, 0.15) is 44.6 Å². The van der Waals surface area contributed by atoms with E-state index >= 15 is 0 Å². The van der Waals surface area contributed by atoms with Crippen molar-refractivity contribution < 1.29 is 9.47 Å². The highest BCUT2D eigenvalue weighted by atomic mass is 16.5. The van der Waals surface area contributed by atoms with Crippen molar-refractivity contribution in [3.63, 3.8) is 0 Å². The average Bonchev–Trinajstić information content (AvgIpc) is 2.48. The van der Waals surface area contributed by atoms with E-state index in [1.165, 1.54) is 5.56 Å². The Labute approximate surface area is 121 Å². The van der Waals surface area contributed by atoms with Crippen LogP contribution in [-0.4, -0.2) is 25.3 Å². The fourth-order valence-electron chi connectivity index (χ4n) is 3.14. The van der Waals surface area contributed by atoms with Crippen molar-refractivity contribution >= 4 is 0 Å². The predicted octanol–water partition coefficient (Wildman–Crippen LogP) is 3.31. The molecule has 0 radical (unpaired) electrons. The third-order valence-corrected chi connectivity index (χ3v) is 4.50. The van der Waals surface area contributed by atoms with Crippen LogP contribution in [0.4, 0.5) is 0 Å². The quantitative estimate of drug-likeness (QED) is 0.855. The van der Waals surface area contributed by atoms with Crippen LogP contribution in [0.25, 0.3) is 0 Å². The van der Waals surface area contributed by atoms with E-state index < -0.39 is 0 Å². The van der Waals surface area contributed by atoms with Gasteiger partial charge < -0.3 is 14.8 Å². The number of hydrogen-bond acceptors (Lipinski definition) is 3. The number of piperidine rings is 1. The molecule has 20 heavy (non-hydrogen) atoms. The Morgan fingerprint density at radius 3 is 2.90 bits per heavy atom. The number of aryl methyl sites for hydroxylation is 1. The van der Waals surface area contributed by atoms with Gasteiger partial charge in [-0.2, -0.15) is 0 Å². The van der Waals surface area contributed by atoms with Crippen LogP contribution in [0.5, 0.6) is 11.5 Å². The highest BCUT2D eigenvalue weighted by molar-refractivity contribution is 5.42. The van der Waals surface area contributed by atoms with Gasteiger partial charge in [0.05, 0.1) is 6.61 Å². The van der Waals surface area contributed by atoms with E-state index in [9.17, 15) is 0 Å². The lowest BCUT2D eigenvalue weighted by molar-refractivity contribution is 0.0167. The molecule has 0 aromatic heterocycles. The molecule has 3 nitrogen and oxygen atoms in total. The first-order chi connectivity index (χ1) is 9.81. The average molecular weight is 275 g/mol. The minimum Gasteiger partial charge on any atom is -0.493 e. The Morgan fingerprint density at radius 2 is 2.10 bits per heavy atom. The molecule has 1 fully saturated rings. The van der Waals surface area contributed by atoms with Gasteiger partial charge in [-0.1, -0.05) is 19.4 Å². The maximum Gasteiger partial charge on any atom is 0.127 e. The number of fused-ring (bicyclic) bond motifs is 1. The van der Waals surface area contributed by atoms with Gasteiger partial charge in [0.1, 0.15) is 17.1 Å². The molecule has 0 saturated carbocycles. The Balaban J connectivity index is 1.71. The van der Waals surface area contributed by atoms with Gasteiger partial charge in [0.25, 0.3) is 0 Å². The molecule has 3 rings (SSSR count). The lowest BCUT2D eigenvalue weighted by Crippen LogP contribution is -2.48. The number of ether oxygens (including phenoxy) is 2. The molecule has 2 aliphatic heterocycles. The van der Waals surface area contributed by atoms with Crippen LogP contribution >= 0.6 is 0 Å². The van der Waals surface area contributed by atoms with Gasteiger partial charge in [0.2, 0.25) is 0 Å². The van der Waals surface area contributed by atoms with E-state index in [-0.39, 0.29) is 5.60 Å². The van der Waals surface area contributed by atoms with Crippen LogP contribution in [0.2, 0.25) is 0 Å². The molecule has 1 aromatic rings. The van der Waals surface area contributed by atoms with Crippen LogP contribution in [-0.2, 0) is 6.42 Å². The topological polar surface area (TPSA) is 30.5 Å². The van der Waals surface area contributed by atoms with Gasteiger partial charge in [-0.15, -0.1) is 0 Å². The Kier molecular flexibility index (Phi) is 4.16. The SMILES string of the molecule is CCCCOc1ccc2c(c1)OC1(CCNCC1)CC2. The summed E-state index contributed by atoms with van der Waals surface area (Å²) in [4.78, 5) is 0. The summed E-state index contributed by atoms with van der Waals surface area (Å²) >= 11 is 0. The first-order valence-electron chi connectivity index (χ1n) is 7.97. The molecule has 0 unspecified atom stereocenters. The molecule has 1 saturated heterocycles. The first kappa shape index (κ1) is 13.7. The monoisotopic (exact) mass is 275 g/mol. The van der Waals surface area contributed by atoms with Crippen molar-refractivity contribution in [1.29, 1.82) is 0 Å². The standard InChI is InChI=1S/C17H25NO2/c1-2-3-12-19-15-5-4-14-6-7-17(20-16(14)13-15)8-10-18-11-9-17/h4-5,13,18H,2-3,6-12H2,1H3. The second-order valence-electron chi connectivity index (χ2n) is 6.01. The molecular formula is C17H25NO2. The van der Waals surface area contributed by atoms with Crippen LogP contribution < -0.4 is 14.8 Å². The lowest BCUT2D eigenvalue weighted by Gasteiger charge is -2.41. The molecule has 3 heteroatoms. The molecule has 2 aliphatic rings. The van der Waals surface area contributed by atoms with Gasteiger partial charge in [0.15, 0.2) is 0 Å². The summed E-state index contributed by atoms with van der Waals surface area (Å²) in [5, 5.41) is 3.42. The molecular weight excluding hydrogens is 250 g/mol. The predicted molar refractivity (Wildman–Crippen MR) is 80.6 cm³/mol. The summed E-state index contributed by atoms with van der Waals surface area (Å²) < 4.78 is 12.2. The van der Waals surface area contributed by atoms with Crippen LogP contribution in [0.15, 0.2) is 18.2 Å². The van der Waals surface area contributed by atoms with E-state index in [1.807, 2.05) is 0 Å².